The third-order valence-corrected chi connectivity index (χ3v) is 4.42. The Bertz CT molecular complexity index is 494. The molecule has 2 aliphatic rings. The zero-order valence-corrected chi connectivity index (χ0v) is 14.7. The van der Waals surface area contributed by atoms with E-state index in [1.54, 1.807) is 20.8 Å². The average molecular weight is 340 g/mol. The minimum atomic E-state index is -0.940. The van der Waals surface area contributed by atoms with E-state index in [1.165, 1.54) is 0 Å². The van der Waals surface area contributed by atoms with Crippen molar-refractivity contribution in [1.29, 1.82) is 0 Å². The Morgan fingerprint density at radius 3 is 2.29 bits per heavy atom. The van der Waals surface area contributed by atoms with Gasteiger partial charge in [-0.15, -0.1) is 0 Å². The van der Waals surface area contributed by atoms with Crippen LogP contribution in [0.1, 0.15) is 59.3 Å². The first-order valence-corrected chi connectivity index (χ1v) is 8.67. The van der Waals surface area contributed by atoms with Crippen molar-refractivity contribution < 1.29 is 23.9 Å². The summed E-state index contributed by atoms with van der Waals surface area (Å²) < 4.78 is 10.8. The van der Waals surface area contributed by atoms with Crippen molar-refractivity contribution in [2.24, 2.45) is 17.7 Å². The van der Waals surface area contributed by atoms with E-state index in [1.807, 2.05) is 0 Å². The van der Waals surface area contributed by atoms with Crippen LogP contribution < -0.4 is 5.84 Å². The van der Waals surface area contributed by atoms with Gasteiger partial charge in [0.25, 0.3) is 5.91 Å². The van der Waals surface area contributed by atoms with Gasteiger partial charge in [-0.3, -0.25) is 19.4 Å². The van der Waals surface area contributed by atoms with Gasteiger partial charge in [-0.05, 0) is 46.5 Å². The second-order valence-electron chi connectivity index (χ2n) is 7.69. The number of carbonyl (C=O) groups excluding carboxylic acids is 3. The molecule has 2 rings (SSSR count). The Morgan fingerprint density at radius 1 is 1.08 bits per heavy atom. The molecule has 1 heterocycles. The van der Waals surface area contributed by atoms with Crippen molar-refractivity contribution in [2.45, 2.75) is 71.0 Å². The molecule has 1 aliphatic carbocycles. The predicted octanol–water partition coefficient (Wildman–Crippen LogP) is 1.54. The van der Waals surface area contributed by atoms with Crippen LogP contribution in [-0.2, 0) is 23.9 Å². The maximum absolute atomic E-state index is 12.3. The number of hydrogen-bond donors (Lipinski definition) is 1. The lowest BCUT2D eigenvalue weighted by Crippen LogP contribution is -2.46. The van der Waals surface area contributed by atoms with Crippen molar-refractivity contribution >= 4 is 17.8 Å². The number of amides is 1. The Labute approximate surface area is 142 Å². The second-order valence-corrected chi connectivity index (χ2v) is 7.69. The maximum atomic E-state index is 12.3. The van der Waals surface area contributed by atoms with Crippen molar-refractivity contribution in [3.8, 4) is 0 Å². The van der Waals surface area contributed by atoms with Gasteiger partial charge in [0.15, 0.2) is 0 Å². The number of hydrazine groups is 1. The molecule has 0 bridgehead atoms. The van der Waals surface area contributed by atoms with Crippen LogP contribution in [0.15, 0.2) is 0 Å². The normalized spacial score (nSPS) is 26.2. The fraction of sp³-hybridized carbons (Fsp3) is 0.824. The van der Waals surface area contributed by atoms with E-state index in [-0.39, 0.29) is 24.9 Å². The van der Waals surface area contributed by atoms with Gasteiger partial charge in [0.05, 0.1) is 12.5 Å². The highest BCUT2D eigenvalue weighted by atomic mass is 16.6. The minimum Gasteiger partial charge on any atom is -0.460 e. The third-order valence-electron chi connectivity index (χ3n) is 4.42. The van der Waals surface area contributed by atoms with Crippen LogP contribution in [0.4, 0.5) is 0 Å². The fourth-order valence-electron chi connectivity index (χ4n) is 3.19. The largest absolute Gasteiger partial charge is 0.460 e. The van der Waals surface area contributed by atoms with E-state index < -0.39 is 29.5 Å². The molecule has 0 aromatic heterocycles. The summed E-state index contributed by atoms with van der Waals surface area (Å²) in [5.41, 5.74) is -0.669. The summed E-state index contributed by atoms with van der Waals surface area (Å²) in [5, 5.41) is 0.980. The first-order chi connectivity index (χ1) is 11.2. The molecular formula is C17H28N2O5. The number of esters is 2. The van der Waals surface area contributed by atoms with Gasteiger partial charge in [0, 0.05) is 0 Å². The van der Waals surface area contributed by atoms with Crippen LogP contribution in [0.2, 0.25) is 0 Å². The molecule has 0 unspecified atom stereocenters. The number of nitrogens with two attached hydrogens (primary N) is 1. The molecule has 136 valence electrons. The molecular weight excluding hydrogens is 312 g/mol. The Kier molecular flexibility index (Phi) is 5.85. The van der Waals surface area contributed by atoms with E-state index in [0.29, 0.717) is 6.42 Å². The molecule has 24 heavy (non-hydrogen) atoms. The molecule has 2 atom stereocenters. The van der Waals surface area contributed by atoms with E-state index in [9.17, 15) is 14.4 Å². The van der Waals surface area contributed by atoms with Gasteiger partial charge >= 0.3 is 11.9 Å². The number of nitrogens with zero attached hydrogens (tertiary/aromatic N) is 1. The number of hydrogen-bond acceptors (Lipinski definition) is 6. The lowest BCUT2D eigenvalue weighted by atomic mass is 10.0. The van der Waals surface area contributed by atoms with E-state index in [2.05, 4.69) is 0 Å². The van der Waals surface area contributed by atoms with E-state index in [4.69, 9.17) is 15.3 Å². The van der Waals surface area contributed by atoms with Crippen LogP contribution >= 0.6 is 0 Å². The van der Waals surface area contributed by atoms with Crippen molar-refractivity contribution in [2.75, 3.05) is 6.54 Å². The molecule has 0 radical (unpaired) electrons. The monoisotopic (exact) mass is 340 g/mol. The molecule has 7 heteroatoms. The fourth-order valence-corrected chi connectivity index (χ4v) is 3.19. The summed E-state index contributed by atoms with van der Waals surface area (Å²) in [7, 11) is 0. The molecule has 1 saturated heterocycles. The van der Waals surface area contributed by atoms with Gasteiger partial charge in [-0.1, -0.05) is 12.8 Å². The zero-order valence-electron chi connectivity index (χ0n) is 14.7. The highest BCUT2D eigenvalue weighted by Gasteiger charge is 2.38. The lowest BCUT2D eigenvalue weighted by Gasteiger charge is -2.24. The van der Waals surface area contributed by atoms with E-state index in [0.717, 1.165) is 30.7 Å². The Hall–Kier alpha value is -1.63. The van der Waals surface area contributed by atoms with Crippen LogP contribution in [0.25, 0.3) is 0 Å². The minimum absolute atomic E-state index is 0.0446. The van der Waals surface area contributed by atoms with Gasteiger partial charge < -0.3 is 9.47 Å². The number of rotatable bonds is 3. The molecule has 1 aliphatic heterocycles. The first kappa shape index (κ1) is 18.7. The quantitative estimate of drug-likeness (QED) is 0.362. The molecule has 7 nitrogen and oxygen atoms in total. The third kappa shape index (κ3) is 4.93. The number of carbonyl (C=O) groups is 3. The van der Waals surface area contributed by atoms with Crippen molar-refractivity contribution in [1.82, 2.24) is 5.01 Å². The summed E-state index contributed by atoms with van der Waals surface area (Å²) in [6.07, 6.45) is 4.03. The standard InChI is InChI=1S/C17H28N2O5/c1-17(2,3)24-16(22)13-9-8-12(10-19(18)14(13)20)23-15(21)11-6-4-5-7-11/h11-13H,4-10,18H2,1-3H3/t12-,13+/m1/s1. The Balaban J connectivity index is 1.96. The molecule has 2 fully saturated rings. The lowest BCUT2D eigenvalue weighted by molar-refractivity contribution is -0.165. The van der Waals surface area contributed by atoms with Gasteiger partial charge in [-0.2, -0.15) is 0 Å². The van der Waals surface area contributed by atoms with Gasteiger partial charge in [0.2, 0.25) is 0 Å². The number of ether oxygens (including phenoxy) is 2. The summed E-state index contributed by atoms with van der Waals surface area (Å²) >= 11 is 0. The van der Waals surface area contributed by atoms with Crippen LogP contribution in [0.5, 0.6) is 0 Å². The zero-order chi connectivity index (χ0) is 17.9. The van der Waals surface area contributed by atoms with Crippen molar-refractivity contribution in [3.05, 3.63) is 0 Å². The van der Waals surface area contributed by atoms with Crippen LogP contribution in [0.3, 0.4) is 0 Å². The van der Waals surface area contributed by atoms with Gasteiger partial charge in [-0.25, -0.2) is 5.84 Å². The summed E-state index contributed by atoms with van der Waals surface area (Å²) in [6, 6.07) is 0. The summed E-state index contributed by atoms with van der Waals surface area (Å²) in [6.45, 7) is 5.35. The van der Waals surface area contributed by atoms with Crippen molar-refractivity contribution in [3.63, 3.8) is 0 Å². The second kappa shape index (κ2) is 7.51. The predicted molar refractivity (Wildman–Crippen MR) is 86.3 cm³/mol. The topological polar surface area (TPSA) is 98.9 Å². The maximum Gasteiger partial charge on any atom is 0.319 e. The summed E-state index contributed by atoms with van der Waals surface area (Å²) in [4.78, 5) is 36.7. The summed E-state index contributed by atoms with van der Waals surface area (Å²) in [5.74, 6) is 3.51. The molecule has 0 aromatic rings. The molecule has 1 amide bonds. The highest BCUT2D eigenvalue weighted by Crippen LogP contribution is 2.28. The Morgan fingerprint density at radius 2 is 1.71 bits per heavy atom. The molecule has 2 N–H and O–H groups in total. The molecule has 0 aromatic carbocycles. The van der Waals surface area contributed by atoms with Crippen LogP contribution in [0, 0.1) is 11.8 Å². The first-order valence-electron chi connectivity index (χ1n) is 8.67. The molecule has 1 saturated carbocycles. The molecule has 0 spiro atoms. The highest BCUT2D eigenvalue weighted by molar-refractivity contribution is 5.97. The van der Waals surface area contributed by atoms with Crippen LogP contribution in [-0.4, -0.2) is 41.1 Å². The SMILES string of the molecule is CC(C)(C)OC(=O)[C@H]1CC[C@@H](OC(=O)C2CCCC2)CN(N)C1=O. The average Bonchev–Trinajstić information content (AvgIpc) is 2.94. The smallest absolute Gasteiger partial charge is 0.319 e. The van der Waals surface area contributed by atoms with E-state index >= 15 is 0 Å². The van der Waals surface area contributed by atoms with Gasteiger partial charge in [0.1, 0.15) is 17.6 Å².